The second kappa shape index (κ2) is 12.4. The molecule has 0 aliphatic carbocycles. The van der Waals surface area contributed by atoms with E-state index in [2.05, 4.69) is 0 Å². The summed E-state index contributed by atoms with van der Waals surface area (Å²) in [5, 5.41) is 42.5. The van der Waals surface area contributed by atoms with Crippen molar-refractivity contribution in [2.75, 3.05) is 28.4 Å². The normalized spacial score (nSPS) is 10.8. The lowest BCUT2D eigenvalue weighted by Crippen LogP contribution is -1.97. The lowest BCUT2D eigenvalue weighted by atomic mass is 9.94. The third-order valence-corrected chi connectivity index (χ3v) is 6.95. The maximum absolute atomic E-state index is 10.7. The summed E-state index contributed by atoms with van der Waals surface area (Å²) in [4.78, 5) is 0. The van der Waals surface area contributed by atoms with Crippen LogP contribution in [-0.2, 0) is 25.7 Å². The molecular weight excluding hydrogens is 512 g/mol. The molecule has 8 nitrogen and oxygen atoms in total. The van der Waals surface area contributed by atoms with E-state index in [-0.39, 0.29) is 23.0 Å². The van der Waals surface area contributed by atoms with Gasteiger partial charge < -0.3 is 39.4 Å². The standard InChI is InChI=1S/C32H34O8/c1-37-29-11-7-19(13-31(29)39-3)5-9-21-15-23(27(35)17-25(21)33)24-16-22(26(34)18-28(24)36)10-6-20-8-12-30(38-2)32(14-20)40-4/h7-8,11-18,33-36H,5-6,9-10H2,1-4H3. The number of aryl methyl sites for hydroxylation is 4. The summed E-state index contributed by atoms with van der Waals surface area (Å²) in [6.45, 7) is 0. The van der Waals surface area contributed by atoms with Crippen molar-refractivity contribution >= 4 is 0 Å². The average molecular weight is 547 g/mol. The molecule has 0 aliphatic rings. The zero-order valence-electron chi connectivity index (χ0n) is 23.0. The molecule has 0 saturated heterocycles. The van der Waals surface area contributed by atoms with Crippen molar-refractivity contribution < 1.29 is 39.4 Å². The molecule has 40 heavy (non-hydrogen) atoms. The van der Waals surface area contributed by atoms with E-state index in [1.807, 2.05) is 36.4 Å². The minimum atomic E-state index is -0.181. The Kier molecular flexibility index (Phi) is 8.79. The summed E-state index contributed by atoms with van der Waals surface area (Å²) >= 11 is 0. The van der Waals surface area contributed by atoms with Crippen molar-refractivity contribution in [2.45, 2.75) is 25.7 Å². The number of rotatable bonds is 11. The van der Waals surface area contributed by atoms with Gasteiger partial charge in [0.1, 0.15) is 23.0 Å². The number of phenols is 4. The van der Waals surface area contributed by atoms with E-state index in [0.717, 1.165) is 11.1 Å². The number of phenolic OH excluding ortho intramolecular Hbond substituents is 4. The zero-order chi connectivity index (χ0) is 28.8. The lowest BCUT2D eigenvalue weighted by molar-refractivity contribution is 0.354. The van der Waals surface area contributed by atoms with Crippen LogP contribution in [0.25, 0.3) is 11.1 Å². The SMILES string of the molecule is COc1ccc(CCc2cc(-c3cc(CCc4ccc(OC)c(OC)c4)c(O)cc3O)c(O)cc2O)cc1OC. The van der Waals surface area contributed by atoms with Crippen molar-refractivity contribution in [1.82, 2.24) is 0 Å². The van der Waals surface area contributed by atoms with Gasteiger partial charge in [0.15, 0.2) is 23.0 Å². The van der Waals surface area contributed by atoms with Crippen LogP contribution < -0.4 is 18.9 Å². The van der Waals surface area contributed by atoms with Crippen molar-refractivity contribution in [2.24, 2.45) is 0 Å². The molecule has 0 aromatic heterocycles. The predicted molar refractivity (Wildman–Crippen MR) is 152 cm³/mol. The van der Waals surface area contributed by atoms with Crippen LogP contribution in [0.15, 0.2) is 60.7 Å². The monoisotopic (exact) mass is 546 g/mol. The Morgan fingerprint density at radius 1 is 0.425 bits per heavy atom. The van der Waals surface area contributed by atoms with Gasteiger partial charge in [0.05, 0.1) is 28.4 Å². The summed E-state index contributed by atoms with van der Waals surface area (Å²) in [5.41, 5.74) is 3.87. The Morgan fingerprint density at radius 3 is 1.15 bits per heavy atom. The van der Waals surface area contributed by atoms with Gasteiger partial charge in [0.2, 0.25) is 0 Å². The second-order valence-corrected chi connectivity index (χ2v) is 9.37. The summed E-state index contributed by atoms with van der Waals surface area (Å²) in [7, 11) is 6.31. The summed E-state index contributed by atoms with van der Waals surface area (Å²) in [5.74, 6) is 2.03. The van der Waals surface area contributed by atoms with Crippen LogP contribution >= 0.6 is 0 Å². The highest BCUT2D eigenvalue weighted by Gasteiger charge is 2.17. The van der Waals surface area contributed by atoms with Crippen molar-refractivity contribution in [3.63, 3.8) is 0 Å². The van der Waals surface area contributed by atoms with E-state index in [1.54, 1.807) is 40.6 Å². The highest BCUT2D eigenvalue weighted by Crippen LogP contribution is 2.42. The Bertz CT molecular complexity index is 1380. The van der Waals surface area contributed by atoms with Gasteiger partial charge in [-0.1, -0.05) is 12.1 Å². The molecule has 4 N–H and O–H groups in total. The van der Waals surface area contributed by atoms with Crippen LogP contribution in [0.5, 0.6) is 46.0 Å². The Morgan fingerprint density at radius 2 is 0.800 bits per heavy atom. The molecule has 4 aromatic rings. The predicted octanol–water partition coefficient (Wildman–Crippen LogP) is 5.78. The topological polar surface area (TPSA) is 118 Å². The molecule has 210 valence electrons. The molecule has 4 aromatic carbocycles. The molecule has 0 unspecified atom stereocenters. The summed E-state index contributed by atoms with van der Waals surface area (Å²) in [6, 6.07) is 17.1. The molecule has 0 radical (unpaired) electrons. The quantitative estimate of drug-likeness (QED) is 0.187. The minimum absolute atomic E-state index is 0.0475. The van der Waals surface area contributed by atoms with Gasteiger partial charge in [-0.05, 0) is 84.3 Å². The minimum Gasteiger partial charge on any atom is -0.508 e. The van der Waals surface area contributed by atoms with E-state index in [4.69, 9.17) is 18.9 Å². The third kappa shape index (κ3) is 6.12. The highest BCUT2D eigenvalue weighted by atomic mass is 16.5. The van der Waals surface area contributed by atoms with Crippen LogP contribution in [0.2, 0.25) is 0 Å². The molecule has 0 fully saturated rings. The van der Waals surface area contributed by atoms with Gasteiger partial charge in [0.25, 0.3) is 0 Å². The van der Waals surface area contributed by atoms with Crippen LogP contribution in [0.1, 0.15) is 22.3 Å². The van der Waals surface area contributed by atoms with Crippen molar-refractivity contribution in [3.05, 3.63) is 82.9 Å². The number of hydrogen-bond acceptors (Lipinski definition) is 8. The zero-order valence-corrected chi connectivity index (χ0v) is 23.0. The maximum Gasteiger partial charge on any atom is 0.160 e. The van der Waals surface area contributed by atoms with Gasteiger partial charge in [-0.2, -0.15) is 0 Å². The fraction of sp³-hybridized carbons (Fsp3) is 0.250. The van der Waals surface area contributed by atoms with E-state index < -0.39 is 0 Å². The van der Waals surface area contributed by atoms with E-state index in [9.17, 15) is 20.4 Å². The number of methoxy groups -OCH3 is 4. The van der Waals surface area contributed by atoms with Gasteiger partial charge >= 0.3 is 0 Å². The van der Waals surface area contributed by atoms with E-state index >= 15 is 0 Å². The molecule has 0 aliphatic heterocycles. The smallest absolute Gasteiger partial charge is 0.160 e. The first-order valence-electron chi connectivity index (χ1n) is 12.8. The van der Waals surface area contributed by atoms with Crippen LogP contribution in [0.4, 0.5) is 0 Å². The summed E-state index contributed by atoms with van der Waals surface area (Å²) in [6.07, 6.45) is 2.13. The number of aromatic hydroxyl groups is 4. The number of hydrogen-bond donors (Lipinski definition) is 4. The fourth-order valence-electron chi connectivity index (χ4n) is 4.71. The van der Waals surface area contributed by atoms with Gasteiger partial charge in [-0.25, -0.2) is 0 Å². The first-order chi connectivity index (χ1) is 19.3. The van der Waals surface area contributed by atoms with Gasteiger partial charge in [-0.3, -0.25) is 0 Å². The first-order valence-corrected chi connectivity index (χ1v) is 12.8. The van der Waals surface area contributed by atoms with Gasteiger partial charge in [0, 0.05) is 23.3 Å². The molecule has 4 rings (SSSR count). The largest absolute Gasteiger partial charge is 0.508 e. The van der Waals surface area contributed by atoms with E-state index in [1.165, 1.54) is 12.1 Å². The lowest BCUT2D eigenvalue weighted by Gasteiger charge is -2.15. The molecule has 0 atom stereocenters. The second-order valence-electron chi connectivity index (χ2n) is 9.37. The van der Waals surface area contributed by atoms with Crippen molar-refractivity contribution in [1.29, 1.82) is 0 Å². The highest BCUT2D eigenvalue weighted by molar-refractivity contribution is 5.78. The molecule has 0 heterocycles. The summed E-state index contributed by atoms with van der Waals surface area (Å²) < 4.78 is 21.4. The van der Waals surface area contributed by atoms with E-state index in [0.29, 0.717) is 70.9 Å². The Hall–Kier alpha value is -4.72. The molecule has 8 heteroatoms. The van der Waals surface area contributed by atoms with Crippen LogP contribution in [-0.4, -0.2) is 48.9 Å². The molecule has 0 saturated carbocycles. The third-order valence-electron chi connectivity index (χ3n) is 6.95. The molecule has 0 spiro atoms. The van der Waals surface area contributed by atoms with Crippen LogP contribution in [0, 0.1) is 0 Å². The molecular formula is C32H34O8. The Labute approximate surface area is 233 Å². The average Bonchev–Trinajstić information content (AvgIpc) is 2.96. The molecule has 0 bridgehead atoms. The molecule has 0 amide bonds. The Balaban J connectivity index is 1.59. The van der Waals surface area contributed by atoms with Crippen molar-refractivity contribution in [3.8, 4) is 57.1 Å². The number of ether oxygens (including phenoxy) is 4. The number of benzene rings is 4. The van der Waals surface area contributed by atoms with Gasteiger partial charge in [-0.15, -0.1) is 0 Å². The fourth-order valence-corrected chi connectivity index (χ4v) is 4.71. The first kappa shape index (κ1) is 28.3. The maximum atomic E-state index is 10.7. The van der Waals surface area contributed by atoms with Crippen LogP contribution in [0.3, 0.4) is 0 Å².